The summed E-state index contributed by atoms with van der Waals surface area (Å²) in [5.41, 5.74) is 0.467. The van der Waals surface area contributed by atoms with Crippen molar-refractivity contribution in [1.29, 1.82) is 0 Å². The molecule has 0 radical (unpaired) electrons. The van der Waals surface area contributed by atoms with Gasteiger partial charge in [0.1, 0.15) is 11.4 Å². The predicted octanol–water partition coefficient (Wildman–Crippen LogP) is 2.98. The molecule has 0 unspecified atom stereocenters. The highest BCUT2D eigenvalue weighted by atomic mass is 32.1. The van der Waals surface area contributed by atoms with Crippen LogP contribution >= 0.6 is 11.3 Å². The third-order valence-corrected chi connectivity index (χ3v) is 5.16. The first kappa shape index (κ1) is 18.4. The van der Waals surface area contributed by atoms with Crippen molar-refractivity contribution in [3.63, 3.8) is 0 Å². The summed E-state index contributed by atoms with van der Waals surface area (Å²) >= 11 is 1.52. The Morgan fingerprint density at radius 1 is 1.15 bits per heavy atom. The molecule has 0 saturated carbocycles. The first-order valence-corrected chi connectivity index (χ1v) is 9.54. The lowest BCUT2D eigenvalue weighted by atomic mass is 10.2. The fourth-order valence-electron chi connectivity index (χ4n) is 2.91. The molecule has 1 saturated heterocycles. The average Bonchev–Trinajstić information content (AvgIpc) is 3.07. The topological polar surface area (TPSA) is 62.7 Å². The number of carbonyl (C=O) groups excluding carboxylic acids is 2. The molecule has 1 aliphatic heterocycles. The Hall–Kier alpha value is -2.41. The number of hydrogen-bond acceptors (Lipinski definition) is 6. The van der Waals surface area contributed by atoms with E-state index >= 15 is 0 Å². The molecule has 26 heavy (non-hydrogen) atoms. The standard InChI is InChI=1S/C19H23N3O3S/c1-13(2)25-19(24)15-5-4-8-20-17(15)21-9-11-22(12-10-21)18(23)16-7-6-14(3)26-16/h4-8,13H,9-12H2,1-3H3. The summed E-state index contributed by atoms with van der Waals surface area (Å²) in [6, 6.07) is 7.32. The monoisotopic (exact) mass is 373 g/mol. The number of thiophene rings is 1. The van der Waals surface area contributed by atoms with Crippen LogP contribution in [0.4, 0.5) is 5.82 Å². The number of aromatic nitrogens is 1. The number of piperazine rings is 1. The number of nitrogens with zero attached hydrogens (tertiary/aromatic N) is 3. The molecule has 0 spiro atoms. The number of pyridine rings is 1. The van der Waals surface area contributed by atoms with Gasteiger partial charge in [0.05, 0.1) is 11.0 Å². The molecule has 0 atom stereocenters. The Morgan fingerprint density at radius 2 is 1.88 bits per heavy atom. The third kappa shape index (κ3) is 4.04. The summed E-state index contributed by atoms with van der Waals surface area (Å²) in [5.74, 6) is 0.330. The molecule has 0 aromatic carbocycles. The van der Waals surface area contributed by atoms with E-state index in [1.165, 1.54) is 11.3 Å². The molecule has 0 aliphatic carbocycles. The maximum absolute atomic E-state index is 12.6. The summed E-state index contributed by atoms with van der Waals surface area (Å²) in [6.45, 7) is 8.12. The molecule has 3 rings (SSSR count). The zero-order valence-corrected chi connectivity index (χ0v) is 16.1. The lowest BCUT2D eigenvalue weighted by Gasteiger charge is -2.35. The van der Waals surface area contributed by atoms with E-state index in [4.69, 9.17) is 4.74 Å². The van der Waals surface area contributed by atoms with Crippen molar-refractivity contribution in [2.24, 2.45) is 0 Å². The van der Waals surface area contributed by atoms with Crippen molar-refractivity contribution in [2.75, 3.05) is 31.1 Å². The van der Waals surface area contributed by atoms with Crippen LogP contribution < -0.4 is 4.90 Å². The van der Waals surface area contributed by atoms with Crippen LogP contribution in [-0.2, 0) is 4.74 Å². The zero-order valence-electron chi connectivity index (χ0n) is 15.3. The van der Waals surface area contributed by atoms with Gasteiger partial charge in [0.25, 0.3) is 5.91 Å². The fraction of sp³-hybridized carbons (Fsp3) is 0.421. The van der Waals surface area contributed by atoms with E-state index in [0.717, 1.165) is 9.75 Å². The van der Waals surface area contributed by atoms with E-state index in [0.29, 0.717) is 37.6 Å². The van der Waals surface area contributed by atoms with E-state index in [9.17, 15) is 9.59 Å². The number of rotatable bonds is 4. The van der Waals surface area contributed by atoms with Gasteiger partial charge in [-0.15, -0.1) is 11.3 Å². The van der Waals surface area contributed by atoms with Crippen LogP contribution in [0.3, 0.4) is 0 Å². The van der Waals surface area contributed by atoms with Crippen LogP contribution in [0.2, 0.25) is 0 Å². The van der Waals surface area contributed by atoms with Crippen LogP contribution in [0, 0.1) is 6.92 Å². The molecule has 2 aromatic heterocycles. The van der Waals surface area contributed by atoms with Crippen molar-refractivity contribution < 1.29 is 14.3 Å². The van der Waals surface area contributed by atoms with Crippen LogP contribution in [0.15, 0.2) is 30.5 Å². The molecular weight excluding hydrogens is 350 g/mol. The highest BCUT2D eigenvalue weighted by molar-refractivity contribution is 7.13. The van der Waals surface area contributed by atoms with Gasteiger partial charge < -0.3 is 14.5 Å². The van der Waals surface area contributed by atoms with Gasteiger partial charge in [0, 0.05) is 37.3 Å². The summed E-state index contributed by atoms with van der Waals surface area (Å²) < 4.78 is 5.32. The van der Waals surface area contributed by atoms with Gasteiger partial charge in [0.2, 0.25) is 0 Å². The third-order valence-electron chi connectivity index (χ3n) is 4.17. The number of hydrogen-bond donors (Lipinski definition) is 0. The molecule has 0 bridgehead atoms. The van der Waals surface area contributed by atoms with Gasteiger partial charge in [-0.1, -0.05) is 0 Å². The van der Waals surface area contributed by atoms with E-state index < -0.39 is 0 Å². The summed E-state index contributed by atoms with van der Waals surface area (Å²) in [4.78, 5) is 35.1. The first-order valence-electron chi connectivity index (χ1n) is 8.72. The summed E-state index contributed by atoms with van der Waals surface area (Å²) in [6.07, 6.45) is 1.49. The SMILES string of the molecule is Cc1ccc(C(=O)N2CCN(c3ncccc3C(=O)OC(C)C)CC2)s1. The van der Waals surface area contributed by atoms with Crippen molar-refractivity contribution in [3.8, 4) is 0 Å². The number of anilines is 1. The van der Waals surface area contributed by atoms with E-state index in [1.54, 1.807) is 18.3 Å². The second-order valence-electron chi connectivity index (χ2n) is 6.52. The van der Waals surface area contributed by atoms with Gasteiger partial charge in [-0.3, -0.25) is 4.79 Å². The number of ether oxygens (including phenoxy) is 1. The first-order chi connectivity index (χ1) is 12.5. The van der Waals surface area contributed by atoms with E-state index in [-0.39, 0.29) is 18.0 Å². The lowest BCUT2D eigenvalue weighted by Crippen LogP contribution is -2.49. The zero-order chi connectivity index (χ0) is 18.7. The molecule has 6 nitrogen and oxygen atoms in total. The molecule has 2 aromatic rings. The summed E-state index contributed by atoms with van der Waals surface area (Å²) in [7, 11) is 0. The summed E-state index contributed by atoms with van der Waals surface area (Å²) in [5, 5.41) is 0. The maximum atomic E-state index is 12.6. The molecule has 1 aliphatic rings. The quantitative estimate of drug-likeness (QED) is 0.771. The van der Waals surface area contributed by atoms with Crippen LogP contribution in [-0.4, -0.2) is 54.0 Å². The van der Waals surface area contributed by atoms with Gasteiger partial charge >= 0.3 is 5.97 Å². The smallest absolute Gasteiger partial charge is 0.342 e. The van der Waals surface area contributed by atoms with Crippen LogP contribution in [0.5, 0.6) is 0 Å². The number of aryl methyl sites for hydroxylation is 1. The van der Waals surface area contributed by atoms with Crippen LogP contribution in [0.25, 0.3) is 0 Å². The molecule has 0 N–H and O–H groups in total. The Balaban J connectivity index is 1.69. The highest BCUT2D eigenvalue weighted by Crippen LogP contribution is 2.22. The average molecular weight is 373 g/mol. The van der Waals surface area contributed by atoms with E-state index in [1.807, 2.05) is 42.7 Å². The molecular formula is C19H23N3O3S. The molecule has 1 amide bonds. The molecule has 1 fully saturated rings. The second-order valence-corrected chi connectivity index (χ2v) is 7.81. The van der Waals surface area contributed by atoms with Gasteiger partial charge in [-0.25, -0.2) is 9.78 Å². The normalized spacial score (nSPS) is 14.6. The minimum absolute atomic E-state index is 0.0724. The Kier molecular flexibility index (Phi) is 5.56. The number of carbonyl (C=O) groups is 2. The minimum atomic E-state index is -0.365. The molecule has 138 valence electrons. The fourth-order valence-corrected chi connectivity index (χ4v) is 3.75. The Morgan fingerprint density at radius 3 is 2.50 bits per heavy atom. The number of amides is 1. The van der Waals surface area contributed by atoms with Crippen molar-refractivity contribution >= 4 is 29.0 Å². The second kappa shape index (κ2) is 7.86. The van der Waals surface area contributed by atoms with Crippen LogP contribution in [0.1, 0.15) is 38.8 Å². The van der Waals surface area contributed by atoms with E-state index in [2.05, 4.69) is 4.98 Å². The molecule has 3 heterocycles. The lowest BCUT2D eigenvalue weighted by molar-refractivity contribution is 0.0377. The Bertz CT molecular complexity index is 795. The maximum Gasteiger partial charge on any atom is 0.342 e. The van der Waals surface area contributed by atoms with Crippen molar-refractivity contribution in [2.45, 2.75) is 26.9 Å². The molecule has 7 heteroatoms. The van der Waals surface area contributed by atoms with Gasteiger partial charge in [-0.2, -0.15) is 0 Å². The van der Waals surface area contributed by atoms with Crippen molar-refractivity contribution in [3.05, 3.63) is 45.8 Å². The van der Waals surface area contributed by atoms with Crippen molar-refractivity contribution in [1.82, 2.24) is 9.88 Å². The predicted molar refractivity (Wildman–Crippen MR) is 102 cm³/mol. The highest BCUT2D eigenvalue weighted by Gasteiger charge is 2.26. The van der Waals surface area contributed by atoms with Gasteiger partial charge in [-0.05, 0) is 45.0 Å². The Labute approximate surface area is 157 Å². The van der Waals surface area contributed by atoms with Gasteiger partial charge in [0.15, 0.2) is 0 Å². The minimum Gasteiger partial charge on any atom is -0.459 e. The number of esters is 1. The largest absolute Gasteiger partial charge is 0.459 e.